The number of rotatable bonds is 9. The minimum absolute atomic E-state index is 0.137. The lowest BCUT2D eigenvalue weighted by molar-refractivity contribution is -0.134. The molecule has 1 fully saturated rings. The fraction of sp³-hybridized carbons (Fsp3) is 0.944. The molecule has 1 amide bonds. The van der Waals surface area contributed by atoms with E-state index in [-0.39, 0.29) is 12.5 Å². The Kier molecular flexibility index (Phi) is 9.03. The lowest BCUT2D eigenvalue weighted by Crippen LogP contribution is -2.48. The Labute approximate surface area is 136 Å². The van der Waals surface area contributed by atoms with Gasteiger partial charge in [0.05, 0.1) is 13.2 Å². The second-order valence-corrected chi connectivity index (χ2v) is 7.57. The average Bonchev–Trinajstić information content (AvgIpc) is 2.46. The Morgan fingerprint density at radius 1 is 1.05 bits per heavy atom. The molecule has 0 atom stereocenters. The maximum absolute atomic E-state index is 12.7. The molecule has 1 aliphatic carbocycles. The summed E-state index contributed by atoms with van der Waals surface area (Å²) in [4.78, 5) is 17.0. The normalized spacial score (nSPS) is 16.7. The third-order valence-electron chi connectivity index (χ3n) is 4.34. The molecule has 1 rings (SSSR count). The molecule has 0 aliphatic heterocycles. The second-order valence-electron chi connectivity index (χ2n) is 7.57. The van der Waals surface area contributed by atoms with Crippen LogP contribution in [0.3, 0.4) is 0 Å². The van der Waals surface area contributed by atoms with Gasteiger partial charge in [0.1, 0.15) is 0 Å². The molecule has 130 valence electrons. The fourth-order valence-corrected chi connectivity index (χ4v) is 3.40. The van der Waals surface area contributed by atoms with E-state index in [4.69, 9.17) is 0 Å². The first-order chi connectivity index (χ1) is 10.4. The van der Waals surface area contributed by atoms with Crippen molar-refractivity contribution in [3.8, 4) is 0 Å². The van der Waals surface area contributed by atoms with Crippen LogP contribution in [-0.2, 0) is 4.79 Å². The molecule has 0 heterocycles. The van der Waals surface area contributed by atoms with Gasteiger partial charge < -0.3 is 10.0 Å². The molecular weight excluding hydrogens is 276 g/mol. The van der Waals surface area contributed by atoms with Crippen LogP contribution in [0.2, 0.25) is 0 Å². The summed E-state index contributed by atoms with van der Waals surface area (Å²) in [6.45, 7) is 11.5. The SMILES string of the molecule is CC(C)CN(CC(C)C)C(=O)CN(CCO)C1CCCCC1. The zero-order chi connectivity index (χ0) is 16.5. The number of aliphatic hydroxyl groups is 1. The highest BCUT2D eigenvalue weighted by Crippen LogP contribution is 2.22. The first kappa shape index (κ1) is 19.4. The second kappa shape index (κ2) is 10.2. The van der Waals surface area contributed by atoms with Crippen molar-refractivity contribution in [1.29, 1.82) is 0 Å². The van der Waals surface area contributed by atoms with E-state index in [9.17, 15) is 9.90 Å². The van der Waals surface area contributed by atoms with Gasteiger partial charge in [-0.15, -0.1) is 0 Å². The van der Waals surface area contributed by atoms with E-state index >= 15 is 0 Å². The topological polar surface area (TPSA) is 43.8 Å². The molecule has 0 bridgehead atoms. The summed E-state index contributed by atoms with van der Waals surface area (Å²) in [5.41, 5.74) is 0. The van der Waals surface area contributed by atoms with Crippen molar-refractivity contribution in [3.05, 3.63) is 0 Å². The van der Waals surface area contributed by atoms with Crippen molar-refractivity contribution in [1.82, 2.24) is 9.80 Å². The van der Waals surface area contributed by atoms with Crippen LogP contribution < -0.4 is 0 Å². The number of amides is 1. The highest BCUT2D eigenvalue weighted by Gasteiger charge is 2.25. The summed E-state index contributed by atoms with van der Waals surface area (Å²) in [6.07, 6.45) is 6.15. The standard InChI is InChI=1S/C18H36N2O2/c1-15(2)12-20(13-16(3)4)18(22)14-19(10-11-21)17-8-6-5-7-9-17/h15-17,21H,5-14H2,1-4H3. The Hall–Kier alpha value is -0.610. The number of carbonyl (C=O) groups excluding carboxylic acids is 1. The molecule has 1 N–H and O–H groups in total. The molecule has 0 spiro atoms. The average molecular weight is 312 g/mol. The van der Waals surface area contributed by atoms with Gasteiger partial charge in [-0.1, -0.05) is 47.0 Å². The Balaban J connectivity index is 2.64. The largest absolute Gasteiger partial charge is 0.395 e. The molecule has 0 saturated heterocycles. The van der Waals surface area contributed by atoms with Crippen LogP contribution in [0.5, 0.6) is 0 Å². The van der Waals surface area contributed by atoms with Crippen LogP contribution in [-0.4, -0.2) is 59.6 Å². The van der Waals surface area contributed by atoms with Gasteiger partial charge in [-0.3, -0.25) is 9.69 Å². The minimum Gasteiger partial charge on any atom is -0.395 e. The van der Waals surface area contributed by atoms with E-state index in [1.54, 1.807) is 0 Å². The van der Waals surface area contributed by atoms with Gasteiger partial charge in [0, 0.05) is 25.7 Å². The summed E-state index contributed by atoms with van der Waals surface area (Å²) >= 11 is 0. The Bertz CT molecular complexity index is 302. The molecule has 0 radical (unpaired) electrons. The number of carbonyl (C=O) groups is 1. The monoisotopic (exact) mass is 312 g/mol. The molecule has 0 aromatic carbocycles. The summed E-state index contributed by atoms with van der Waals surface area (Å²) in [5.74, 6) is 1.20. The van der Waals surface area contributed by atoms with E-state index < -0.39 is 0 Å². The molecule has 1 saturated carbocycles. The highest BCUT2D eigenvalue weighted by molar-refractivity contribution is 5.78. The van der Waals surface area contributed by atoms with Crippen LogP contribution in [0, 0.1) is 11.8 Å². The molecule has 1 aliphatic rings. The maximum Gasteiger partial charge on any atom is 0.236 e. The zero-order valence-electron chi connectivity index (χ0n) is 15.1. The van der Waals surface area contributed by atoms with Crippen LogP contribution in [0.15, 0.2) is 0 Å². The van der Waals surface area contributed by atoms with Crippen molar-refractivity contribution in [2.75, 3.05) is 32.8 Å². The van der Waals surface area contributed by atoms with Crippen LogP contribution >= 0.6 is 0 Å². The fourth-order valence-electron chi connectivity index (χ4n) is 3.40. The summed E-state index contributed by atoms with van der Waals surface area (Å²) in [6, 6.07) is 0.477. The molecule has 0 aromatic heterocycles. The number of hydrogen-bond acceptors (Lipinski definition) is 3. The van der Waals surface area contributed by atoms with Crippen molar-refractivity contribution in [2.24, 2.45) is 11.8 Å². The molecule has 4 nitrogen and oxygen atoms in total. The van der Waals surface area contributed by atoms with E-state index in [0.29, 0.717) is 31.0 Å². The minimum atomic E-state index is 0.137. The lowest BCUT2D eigenvalue weighted by atomic mass is 9.94. The Morgan fingerprint density at radius 2 is 1.59 bits per heavy atom. The molecule has 0 unspecified atom stereocenters. The summed E-state index contributed by atoms with van der Waals surface area (Å²) < 4.78 is 0. The lowest BCUT2D eigenvalue weighted by Gasteiger charge is -2.35. The van der Waals surface area contributed by atoms with E-state index in [1.807, 2.05) is 4.90 Å². The molecular formula is C18H36N2O2. The third kappa shape index (κ3) is 7.10. The van der Waals surface area contributed by atoms with Crippen molar-refractivity contribution >= 4 is 5.91 Å². The van der Waals surface area contributed by atoms with Crippen molar-refractivity contribution in [3.63, 3.8) is 0 Å². The van der Waals surface area contributed by atoms with Crippen LogP contribution in [0.25, 0.3) is 0 Å². The van der Waals surface area contributed by atoms with Crippen molar-refractivity contribution < 1.29 is 9.90 Å². The highest BCUT2D eigenvalue weighted by atomic mass is 16.3. The first-order valence-corrected chi connectivity index (χ1v) is 9.06. The quantitative estimate of drug-likeness (QED) is 0.712. The van der Waals surface area contributed by atoms with Gasteiger partial charge in [0.25, 0.3) is 0 Å². The molecule has 0 aromatic rings. The van der Waals surface area contributed by atoms with Gasteiger partial charge >= 0.3 is 0 Å². The van der Waals surface area contributed by atoms with E-state index in [2.05, 4.69) is 32.6 Å². The van der Waals surface area contributed by atoms with Gasteiger partial charge in [0.2, 0.25) is 5.91 Å². The van der Waals surface area contributed by atoms with Crippen molar-refractivity contribution in [2.45, 2.75) is 65.8 Å². The Morgan fingerprint density at radius 3 is 2.05 bits per heavy atom. The van der Waals surface area contributed by atoms with E-state index in [1.165, 1.54) is 32.1 Å². The number of hydrogen-bond donors (Lipinski definition) is 1. The van der Waals surface area contributed by atoms with Gasteiger partial charge in [-0.05, 0) is 24.7 Å². The third-order valence-corrected chi connectivity index (χ3v) is 4.34. The first-order valence-electron chi connectivity index (χ1n) is 9.06. The molecule has 4 heteroatoms. The predicted molar refractivity (Wildman–Crippen MR) is 91.8 cm³/mol. The smallest absolute Gasteiger partial charge is 0.236 e. The summed E-state index contributed by atoms with van der Waals surface area (Å²) in [5, 5.41) is 9.34. The van der Waals surface area contributed by atoms with Gasteiger partial charge in [-0.2, -0.15) is 0 Å². The van der Waals surface area contributed by atoms with Crippen LogP contribution in [0.4, 0.5) is 0 Å². The number of nitrogens with zero attached hydrogens (tertiary/aromatic N) is 2. The summed E-state index contributed by atoms with van der Waals surface area (Å²) in [7, 11) is 0. The zero-order valence-corrected chi connectivity index (χ0v) is 15.1. The maximum atomic E-state index is 12.7. The van der Waals surface area contributed by atoms with Gasteiger partial charge in [-0.25, -0.2) is 0 Å². The number of aliphatic hydroxyl groups excluding tert-OH is 1. The van der Waals surface area contributed by atoms with E-state index in [0.717, 1.165) is 13.1 Å². The van der Waals surface area contributed by atoms with Crippen LogP contribution in [0.1, 0.15) is 59.8 Å². The van der Waals surface area contributed by atoms with Gasteiger partial charge in [0.15, 0.2) is 0 Å². The molecule has 22 heavy (non-hydrogen) atoms. The predicted octanol–water partition coefficient (Wildman–Crippen LogP) is 2.75.